The second-order valence-electron chi connectivity index (χ2n) is 24.3. The van der Waals surface area contributed by atoms with Gasteiger partial charge in [0.15, 0.2) is 56.6 Å². The molecular formula is C52H88O42. The first kappa shape index (κ1) is 76.5. The average molecular weight is 1390 g/mol. The van der Waals surface area contributed by atoms with Gasteiger partial charge in [-0.25, -0.2) is 0 Å². The van der Waals surface area contributed by atoms with E-state index in [9.17, 15) is 128 Å². The van der Waals surface area contributed by atoms with E-state index >= 15 is 0 Å². The highest BCUT2D eigenvalue weighted by Crippen LogP contribution is 2.38. The monoisotopic (exact) mass is 1380 g/mol. The summed E-state index contributed by atoms with van der Waals surface area (Å²) < 4.78 is 96.3. The highest BCUT2D eigenvalue weighted by molar-refractivity contribution is 5.01. The van der Waals surface area contributed by atoms with Crippen molar-refractivity contribution in [3.8, 4) is 0 Å². The molecule has 0 saturated carbocycles. The summed E-state index contributed by atoms with van der Waals surface area (Å²) in [6.07, 6.45) is -82.4. The standard InChI is InChI=1S/C52H88O42/c1-10-19(58)28(67)43(94-48-33(72)27(66)23(62)14(4-54)84-48)52(82-10)80-9-18-39(90-47-32(71)26(65)22(61)13(3-53)83-47)30(69)35(74)49(88-18)92-41-25(64)15(5-55)85-51(37(41)76)89-38-16(6-56)86-46(34(73)29(38)68)87-17-8-79-45(31(70)24(17)63)91-40-20(59)11(2)81-50(36(40)75)93-42-21(60)12(57)7-78-44(42)77/h10-77H,3-9H2,1-2H3/t10-,11-,12-,13+,14+,15+,16+,17+,18+,19-,20-,21-,22+,23+,24+,25+,26-,27-,28+,29+,30+,31+,32+,33+,34+,35+,36+,37+,38+,39+,40+,41-,42+,43+,44+,45-,46-,47-,48-,49-,50-,51-,52+/m0/s1. The van der Waals surface area contributed by atoms with Crippen molar-refractivity contribution in [1.29, 1.82) is 0 Å². The van der Waals surface area contributed by atoms with Gasteiger partial charge in [-0.2, -0.15) is 0 Å². The van der Waals surface area contributed by atoms with E-state index in [1.165, 1.54) is 13.8 Å². The summed E-state index contributed by atoms with van der Waals surface area (Å²) in [5.74, 6) is 0. The molecule has 9 saturated heterocycles. The van der Waals surface area contributed by atoms with Gasteiger partial charge < -0.3 is 208 Å². The lowest BCUT2D eigenvalue weighted by molar-refractivity contribution is -0.397. The largest absolute Gasteiger partial charge is 0.394 e. The van der Waals surface area contributed by atoms with Crippen molar-refractivity contribution in [3.63, 3.8) is 0 Å². The number of rotatable bonds is 21. The highest BCUT2D eigenvalue weighted by Gasteiger charge is 2.59. The molecule has 9 fully saturated rings. The van der Waals surface area contributed by atoms with Crippen molar-refractivity contribution in [2.75, 3.05) is 46.2 Å². The Kier molecular flexibility index (Phi) is 26.5. The third-order valence-corrected chi connectivity index (χ3v) is 17.9. The van der Waals surface area contributed by atoms with E-state index in [4.69, 9.17) is 80.5 Å². The van der Waals surface area contributed by atoms with Crippen LogP contribution in [-0.2, 0) is 80.5 Å². The van der Waals surface area contributed by atoms with Gasteiger partial charge in [0.25, 0.3) is 0 Å². The van der Waals surface area contributed by atoms with Crippen LogP contribution in [0.5, 0.6) is 0 Å². The third-order valence-electron chi connectivity index (χ3n) is 17.9. The van der Waals surface area contributed by atoms with E-state index in [0.717, 1.165) is 0 Å². The van der Waals surface area contributed by atoms with Gasteiger partial charge in [0, 0.05) is 0 Å². The summed E-state index contributed by atoms with van der Waals surface area (Å²) in [4.78, 5) is 0. The van der Waals surface area contributed by atoms with Gasteiger partial charge in [-0.1, -0.05) is 0 Å². The van der Waals surface area contributed by atoms with E-state index in [0.29, 0.717) is 0 Å². The van der Waals surface area contributed by atoms with Crippen LogP contribution in [0.25, 0.3) is 0 Å². The van der Waals surface area contributed by atoms with Crippen LogP contribution in [0.1, 0.15) is 13.8 Å². The first-order valence-electron chi connectivity index (χ1n) is 30.2. The minimum atomic E-state index is -2.37. The number of ether oxygens (including phenoxy) is 17. The molecule has 9 heterocycles. The van der Waals surface area contributed by atoms with E-state index in [2.05, 4.69) is 0 Å². The molecule has 9 aliphatic heterocycles. The molecule has 43 atom stereocenters. The van der Waals surface area contributed by atoms with Crippen LogP contribution >= 0.6 is 0 Å². The molecule has 0 aromatic heterocycles. The topological polar surface area (TPSA) is 663 Å². The molecule has 42 nitrogen and oxygen atoms in total. The second kappa shape index (κ2) is 32.5. The maximum atomic E-state index is 11.8. The van der Waals surface area contributed by atoms with Crippen LogP contribution in [0.15, 0.2) is 0 Å². The normalized spacial score (nSPS) is 54.7. The van der Waals surface area contributed by atoms with Crippen molar-refractivity contribution < 1.29 is 208 Å². The quantitative estimate of drug-likeness (QED) is 0.0507. The van der Waals surface area contributed by atoms with Gasteiger partial charge in [0.1, 0.15) is 195 Å². The van der Waals surface area contributed by atoms with Gasteiger partial charge in [-0.3, -0.25) is 0 Å². The Morgan fingerprint density at radius 3 is 1.18 bits per heavy atom. The minimum absolute atomic E-state index is 0.455. The molecule has 9 rings (SSSR count). The van der Waals surface area contributed by atoms with Gasteiger partial charge in [-0.05, 0) is 13.8 Å². The molecule has 0 aromatic rings. The van der Waals surface area contributed by atoms with Crippen molar-refractivity contribution in [2.24, 2.45) is 0 Å². The molecule has 548 valence electrons. The first-order valence-corrected chi connectivity index (χ1v) is 30.2. The molecular weight excluding hydrogens is 1300 g/mol. The molecule has 0 spiro atoms. The van der Waals surface area contributed by atoms with Crippen LogP contribution in [0.2, 0.25) is 0 Å². The molecule has 42 heteroatoms. The smallest absolute Gasteiger partial charge is 0.187 e. The van der Waals surface area contributed by atoms with Crippen LogP contribution < -0.4 is 0 Å². The zero-order valence-electron chi connectivity index (χ0n) is 49.9. The molecule has 94 heavy (non-hydrogen) atoms. The van der Waals surface area contributed by atoms with Crippen LogP contribution in [0, 0.1) is 0 Å². The van der Waals surface area contributed by atoms with Crippen molar-refractivity contribution >= 4 is 0 Å². The molecule has 0 radical (unpaired) electrons. The zero-order valence-corrected chi connectivity index (χ0v) is 49.9. The lowest BCUT2D eigenvalue weighted by Gasteiger charge is -2.50. The van der Waals surface area contributed by atoms with Crippen molar-refractivity contribution in [2.45, 2.75) is 278 Å². The summed E-state index contributed by atoms with van der Waals surface area (Å²) in [7, 11) is 0. The number of aliphatic hydroxyl groups excluding tert-OH is 25. The molecule has 25 N–H and O–H groups in total. The van der Waals surface area contributed by atoms with E-state index in [-0.39, 0.29) is 0 Å². The molecule has 0 aliphatic carbocycles. The third kappa shape index (κ3) is 15.8. The van der Waals surface area contributed by atoms with Crippen molar-refractivity contribution in [3.05, 3.63) is 0 Å². The van der Waals surface area contributed by atoms with E-state index in [1.54, 1.807) is 0 Å². The summed E-state index contributed by atoms with van der Waals surface area (Å²) in [5.41, 5.74) is 0. The van der Waals surface area contributed by atoms with Gasteiger partial charge in [0.05, 0.1) is 58.5 Å². The molecule has 0 amide bonds. The highest BCUT2D eigenvalue weighted by atomic mass is 16.8. The van der Waals surface area contributed by atoms with E-state index in [1.807, 2.05) is 0 Å². The lowest BCUT2D eigenvalue weighted by atomic mass is 9.95. The van der Waals surface area contributed by atoms with Crippen LogP contribution in [0.4, 0.5) is 0 Å². The maximum Gasteiger partial charge on any atom is 0.187 e. The second-order valence-corrected chi connectivity index (χ2v) is 24.3. The Labute approximate surface area is 531 Å². The molecule has 9 aliphatic rings. The number of hydrogen-bond acceptors (Lipinski definition) is 42. The minimum Gasteiger partial charge on any atom is -0.394 e. The van der Waals surface area contributed by atoms with Gasteiger partial charge >= 0.3 is 0 Å². The zero-order chi connectivity index (χ0) is 68.8. The first-order chi connectivity index (χ1) is 44.5. The average Bonchev–Trinajstić information content (AvgIpc) is 0.787. The number of aliphatic hydroxyl groups is 25. The lowest BCUT2D eigenvalue weighted by Crippen LogP contribution is -2.68. The SMILES string of the molecule is C[C@@H]1O[C@@H](OC[C@H]2O[C@@H](O[C@@H]3[C@@H](O)[C@H](O[C@H]4[C@H](O)[C@@H](O)[C@H](O[C@@H]5CO[C@@H](O[C@@H]6[C@@H](O)[C@H](C)O[C@@H](O[C@@H]7[C@@H](O)[C@@H](O)CO[C@H]7O)[C@@H]6O)[C@H](O)[C@@H]5O)O[C@@H]4CO)O[C@H](CO)[C@H]3O)[C@H](O)[C@@H](O)[C@@H]2O[C@@H]2O[C@H](CO)[C@@H](O)[C@H](O)[C@H]2O)[C@H](O[C@@H]2O[C@H](CO)[C@@H](O)[C@H](O)[C@H]2O)[C@H](O)[C@H]1O. The molecule has 0 unspecified atom stereocenters. The summed E-state index contributed by atoms with van der Waals surface area (Å²) in [6.45, 7) is -3.60. The van der Waals surface area contributed by atoms with E-state index < -0.39 is 310 Å². The van der Waals surface area contributed by atoms with Crippen LogP contribution in [-0.4, -0.2) is 438 Å². The van der Waals surface area contributed by atoms with Crippen LogP contribution in [0.3, 0.4) is 0 Å². The fourth-order valence-corrected chi connectivity index (χ4v) is 12.1. The fourth-order valence-electron chi connectivity index (χ4n) is 12.1. The molecule has 0 bridgehead atoms. The van der Waals surface area contributed by atoms with Gasteiger partial charge in [-0.15, -0.1) is 0 Å². The summed E-state index contributed by atoms with van der Waals surface area (Å²) in [6, 6.07) is 0. The Balaban J connectivity index is 0.867. The Hall–Kier alpha value is -1.68. The Morgan fingerprint density at radius 1 is 0.266 bits per heavy atom. The van der Waals surface area contributed by atoms with Gasteiger partial charge in [0.2, 0.25) is 0 Å². The fraction of sp³-hybridized carbons (Fsp3) is 1.00. The number of hydrogen-bond donors (Lipinski definition) is 25. The van der Waals surface area contributed by atoms with Crippen molar-refractivity contribution in [1.82, 2.24) is 0 Å². The maximum absolute atomic E-state index is 11.8. The predicted molar refractivity (Wildman–Crippen MR) is 282 cm³/mol. The predicted octanol–water partition coefficient (Wildman–Crippen LogP) is -17.3. The molecule has 0 aromatic carbocycles. The Morgan fingerprint density at radius 2 is 0.638 bits per heavy atom. The Bertz CT molecular complexity index is 2310. The summed E-state index contributed by atoms with van der Waals surface area (Å²) >= 11 is 0. The summed E-state index contributed by atoms with van der Waals surface area (Å²) in [5, 5.41) is 271.